The van der Waals surface area contributed by atoms with Gasteiger partial charge in [0.1, 0.15) is 0 Å². The Morgan fingerprint density at radius 3 is 1.23 bits per heavy atom. The molecule has 0 N–H and O–H groups in total. The summed E-state index contributed by atoms with van der Waals surface area (Å²) in [4.78, 5) is 5.53. The van der Waals surface area contributed by atoms with Gasteiger partial charge in [-0.1, -0.05) is 181 Å². The van der Waals surface area contributed by atoms with Gasteiger partial charge < -0.3 is 9.80 Å². The maximum absolute atomic E-state index is 3.86. The van der Waals surface area contributed by atoms with Crippen LogP contribution in [0.5, 0.6) is 0 Å². The van der Waals surface area contributed by atoms with Crippen molar-refractivity contribution in [2.45, 2.75) is 214 Å². The molecule has 276 valence electrons. The van der Waals surface area contributed by atoms with Crippen LogP contribution >= 0.6 is 0 Å². The SMILES string of the molecule is CCCCCCCCN(CCCCCCCC)c1cc(C#CC2CCCC2)c(N(CCCCCCCC)CCCCCCCC)cc1C. The Morgan fingerprint density at radius 2 is 0.833 bits per heavy atom. The Labute approximate surface area is 302 Å². The maximum atomic E-state index is 3.86. The van der Waals surface area contributed by atoms with Crippen LogP contribution in [0.4, 0.5) is 11.4 Å². The zero-order valence-electron chi connectivity index (χ0n) is 33.3. The predicted molar refractivity (Wildman–Crippen MR) is 218 cm³/mol. The largest absolute Gasteiger partial charge is 0.371 e. The van der Waals surface area contributed by atoms with Gasteiger partial charge in [-0.05, 0) is 63.1 Å². The van der Waals surface area contributed by atoms with Crippen molar-refractivity contribution in [1.82, 2.24) is 0 Å². The third-order valence-corrected chi connectivity index (χ3v) is 10.9. The van der Waals surface area contributed by atoms with E-state index >= 15 is 0 Å². The summed E-state index contributed by atoms with van der Waals surface area (Å²) in [6, 6.07) is 5.12. The second-order valence-corrected chi connectivity index (χ2v) is 15.5. The number of nitrogens with zero attached hydrogens (tertiary/aromatic N) is 2. The van der Waals surface area contributed by atoms with Crippen molar-refractivity contribution in [3.8, 4) is 11.8 Å². The Hall–Kier alpha value is -1.62. The van der Waals surface area contributed by atoms with Gasteiger partial charge in [-0.15, -0.1) is 0 Å². The number of benzene rings is 1. The Bertz CT molecular complexity index is 917. The first kappa shape index (κ1) is 42.5. The molecule has 0 radical (unpaired) electrons. The molecule has 0 atom stereocenters. The molecule has 0 unspecified atom stereocenters. The lowest BCUT2D eigenvalue weighted by atomic mass is 10.0. The van der Waals surface area contributed by atoms with Crippen molar-refractivity contribution in [3.05, 3.63) is 23.3 Å². The van der Waals surface area contributed by atoms with Crippen molar-refractivity contribution in [3.63, 3.8) is 0 Å². The molecule has 1 aliphatic rings. The van der Waals surface area contributed by atoms with Crippen molar-refractivity contribution in [2.75, 3.05) is 36.0 Å². The maximum Gasteiger partial charge on any atom is 0.0529 e. The second-order valence-electron chi connectivity index (χ2n) is 15.5. The fourth-order valence-electron chi connectivity index (χ4n) is 7.67. The molecule has 2 rings (SSSR count). The molecule has 1 aromatic rings. The van der Waals surface area contributed by atoms with Gasteiger partial charge in [-0.25, -0.2) is 0 Å². The Kier molecular flexibility index (Phi) is 25.8. The summed E-state index contributed by atoms with van der Waals surface area (Å²) in [5, 5.41) is 0. The highest BCUT2D eigenvalue weighted by Gasteiger charge is 2.18. The van der Waals surface area contributed by atoms with Crippen molar-refractivity contribution < 1.29 is 0 Å². The molecule has 0 amide bonds. The first-order valence-corrected chi connectivity index (χ1v) is 21.8. The lowest BCUT2D eigenvalue weighted by Gasteiger charge is -2.31. The van der Waals surface area contributed by atoms with E-state index in [1.165, 1.54) is 228 Å². The van der Waals surface area contributed by atoms with E-state index in [1.54, 1.807) is 0 Å². The van der Waals surface area contributed by atoms with E-state index in [0.717, 1.165) is 0 Å². The van der Waals surface area contributed by atoms with Crippen LogP contribution < -0.4 is 9.80 Å². The predicted octanol–water partition coefficient (Wildman–Crippen LogP) is 14.6. The number of hydrogen-bond donors (Lipinski definition) is 0. The summed E-state index contributed by atoms with van der Waals surface area (Å²) < 4.78 is 0. The molecule has 48 heavy (non-hydrogen) atoms. The highest BCUT2D eigenvalue weighted by atomic mass is 15.1. The molecule has 1 aliphatic carbocycles. The van der Waals surface area contributed by atoms with Gasteiger partial charge in [-0.2, -0.15) is 0 Å². The Balaban J connectivity index is 2.33. The van der Waals surface area contributed by atoms with Crippen molar-refractivity contribution in [1.29, 1.82) is 0 Å². The third-order valence-electron chi connectivity index (χ3n) is 10.9. The normalized spacial score (nSPS) is 13.2. The van der Waals surface area contributed by atoms with Crippen LogP contribution in [0.1, 0.15) is 219 Å². The minimum atomic E-state index is 0.593. The molecule has 2 nitrogen and oxygen atoms in total. The zero-order valence-corrected chi connectivity index (χ0v) is 33.3. The van der Waals surface area contributed by atoms with Crippen LogP contribution in [0.2, 0.25) is 0 Å². The van der Waals surface area contributed by atoms with Crippen LogP contribution in [0.3, 0.4) is 0 Å². The molecule has 0 spiro atoms. The van der Waals surface area contributed by atoms with E-state index < -0.39 is 0 Å². The third kappa shape index (κ3) is 19.0. The number of unbranched alkanes of at least 4 members (excludes halogenated alkanes) is 20. The first-order valence-electron chi connectivity index (χ1n) is 21.8. The van der Waals surface area contributed by atoms with Crippen molar-refractivity contribution in [2.24, 2.45) is 5.92 Å². The van der Waals surface area contributed by atoms with E-state index in [1.807, 2.05) is 0 Å². The fraction of sp³-hybridized carbons (Fsp3) is 0.826. The summed E-state index contributed by atoms with van der Waals surface area (Å²) >= 11 is 0. The van der Waals surface area contributed by atoms with Gasteiger partial charge in [0.25, 0.3) is 0 Å². The average Bonchev–Trinajstić information content (AvgIpc) is 3.62. The van der Waals surface area contributed by atoms with Crippen LogP contribution in [-0.2, 0) is 0 Å². The highest BCUT2D eigenvalue weighted by molar-refractivity contribution is 5.70. The quantitative estimate of drug-likeness (QED) is 0.0597. The first-order chi connectivity index (χ1) is 23.6. The monoisotopic (exact) mass is 663 g/mol. The lowest BCUT2D eigenvalue weighted by molar-refractivity contribution is 0.573. The molecule has 0 saturated heterocycles. The molecule has 1 aromatic carbocycles. The summed E-state index contributed by atoms with van der Waals surface area (Å²) in [7, 11) is 0. The number of aryl methyl sites for hydroxylation is 1. The van der Waals surface area contributed by atoms with Gasteiger partial charge in [0, 0.05) is 43.3 Å². The molecule has 2 heteroatoms. The van der Waals surface area contributed by atoms with E-state index in [2.05, 4.69) is 68.4 Å². The van der Waals surface area contributed by atoms with E-state index in [-0.39, 0.29) is 0 Å². The standard InChI is InChI=1S/C46H82N2/c1-6-10-14-18-22-28-36-47(37-29-23-19-15-11-7-2)45-41-44(35-34-43-32-26-27-33-43)46(40-42(45)5)48(38-30-24-20-16-12-8-3)39-31-25-21-17-13-9-4/h40-41,43H,6-33,36-39H2,1-5H3. The van der Waals surface area contributed by atoms with Gasteiger partial charge in [0.2, 0.25) is 0 Å². The summed E-state index contributed by atoms with van der Waals surface area (Å²) in [5.74, 6) is 8.26. The van der Waals surface area contributed by atoms with Crippen LogP contribution in [-0.4, -0.2) is 26.2 Å². The molecule has 1 saturated carbocycles. The van der Waals surface area contributed by atoms with Gasteiger partial charge >= 0.3 is 0 Å². The number of rotatable bonds is 30. The van der Waals surface area contributed by atoms with E-state index in [9.17, 15) is 0 Å². The van der Waals surface area contributed by atoms with Crippen molar-refractivity contribution >= 4 is 11.4 Å². The smallest absolute Gasteiger partial charge is 0.0529 e. The molecular formula is C46H82N2. The van der Waals surface area contributed by atoms with Gasteiger partial charge in [-0.3, -0.25) is 0 Å². The van der Waals surface area contributed by atoms with Gasteiger partial charge in [0.05, 0.1) is 5.69 Å². The molecule has 0 heterocycles. The number of hydrogen-bond acceptors (Lipinski definition) is 2. The molecule has 1 fully saturated rings. The molecule has 0 aromatic heterocycles. The minimum Gasteiger partial charge on any atom is -0.371 e. The average molecular weight is 663 g/mol. The summed E-state index contributed by atoms with van der Waals surface area (Å²) in [5.41, 5.74) is 5.68. The van der Waals surface area contributed by atoms with E-state index in [4.69, 9.17) is 0 Å². The minimum absolute atomic E-state index is 0.593. The topological polar surface area (TPSA) is 6.48 Å². The number of anilines is 2. The second kappa shape index (κ2) is 29.1. The molecule has 0 aliphatic heterocycles. The summed E-state index contributed by atoms with van der Waals surface area (Å²) in [6.45, 7) is 16.4. The molecule has 0 bridgehead atoms. The van der Waals surface area contributed by atoms with E-state index in [0.29, 0.717) is 5.92 Å². The van der Waals surface area contributed by atoms with Crippen LogP contribution in [0.25, 0.3) is 0 Å². The van der Waals surface area contributed by atoms with Gasteiger partial charge in [0.15, 0.2) is 0 Å². The van der Waals surface area contributed by atoms with Crippen LogP contribution in [0.15, 0.2) is 12.1 Å². The Morgan fingerprint density at radius 1 is 0.479 bits per heavy atom. The summed E-state index contributed by atoms with van der Waals surface area (Å²) in [6.07, 6.45) is 38.0. The zero-order chi connectivity index (χ0) is 34.5. The molecular weight excluding hydrogens is 581 g/mol. The lowest BCUT2D eigenvalue weighted by Crippen LogP contribution is -2.29. The highest BCUT2D eigenvalue weighted by Crippen LogP contribution is 2.32. The fourth-order valence-corrected chi connectivity index (χ4v) is 7.67. The van der Waals surface area contributed by atoms with Crippen LogP contribution in [0, 0.1) is 24.7 Å².